The van der Waals surface area contributed by atoms with Crippen molar-refractivity contribution in [1.82, 2.24) is 30.3 Å². The zero-order valence-electron chi connectivity index (χ0n) is 15.8. The quantitative estimate of drug-likeness (QED) is 0.497. The summed E-state index contributed by atoms with van der Waals surface area (Å²) < 4.78 is 4.89. The number of aromatic nitrogens is 6. The van der Waals surface area contributed by atoms with Crippen LogP contribution in [0, 0.1) is 6.92 Å². The predicted octanol–water partition coefficient (Wildman–Crippen LogP) is 1.92. The van der Waals surface area contributed by atoms with Gasteiger partial charge in [-0.15, -0.1) is 10.2 Å². The largest absolute Gasteiger partial charge is 0.360 e. The molecule has 3 aromatic heterocycles. The molecule has 150 valence electrons. The van der Waals surface area contributed by atoms with Crippen LogP contribution in [0.5, 0.6) is 0 Å². The van der Waals surface area contributed by atoms with Crippen molar-refractivity contribution in [2.45, 2.75) is 13.5 Å². The van der Waals surface area contributed by atoms with Crippen molar-refractivity contribution in [2.24, 2.45) is 0 Å². The minimum atomic E-state index is -0.360. The van der Waals surface area contributed by atoms with E-state index >= 15 is 0 Å². The summed E-state index contributed by atoms with van der Waals surface area (Å²) in [5.74, 6) is 0.646. The summed E-state index contributed by atoms with van der Waals surface area (Å²) in [4.78, 5) is 29.3. The van der Waals surface area contributed by atoms with E-state index in [1.165, 1.54) is 11.0 Å². The number of hydrogen-bond donors (Lipinski definition) is 2. The van der Waals surface area contributed by atoms with Crippen molar-refractivity contribution in [3.05, 3.63) is 66.2 Å². The molecule has 0 spiro atoms. The van der Waals surface area contributed by atoms with Gasteiger partial charge in [0.2, 0.25) is 11.7 Å². The molecule has 0 atom stereocenters. The number of rotatable bonds is 6. The molecule has 0 aliphatic rings. The molecule has 0 fully saturated rings. The van der Waals surface area contributed by atoms with Crippen molar-refractivity contribution in [2.75, 3.05) is 10.6 Å². The van der Waals surface area contributed by atoms with Gasteiger partial charge in [-0.05, 0) is 48.5 Å². The van der Waals surface area contributed by atoms with E-state index < -0.39 is 0 Å². The number of pyridine rings is 1. The highest BCUT2D eigenvalue weighted by Crippen LogP contribution is 2.18. The zero-order valence-corrected chi connectivity index (χ0v) is 15.8. The van der Waals surface area contributed by atoms with Crippen LogP contribution in [0.2, 0.25) is 0 Å². The molecule has 11 heteroatoms. The number of benzene rings is 1. The van der Waals surface area contributed by atoms with Gasteiger partial charge in [-0.3, -0.25) is 14.6 Å². The van der Waals surface area contributed by atoms with E-state index in [9.17, 15) is 9.59 Å². The fourth-order valence-corrected chi connectivity index (χ4v) is 2.56. The Kier molecular flexibility index (Phi) is 5.24. The maximum Gasteiger partial charge on any atom is 0.257 e. The van der Waals surface area contributed by atoms with Gasteiger partial charge < -0.3 is 15.2 Å². The average Bonchev–Trinajstić information content (AvgIpc) is 3.38. The second-order valence-electron chi connectivity index (χ2n) is 6.29. The lowest BCUT2D eigenvalue weighted by molar-refractivity contribution is -0.117. The van der Waals surface area contributed by atoms with E-state index in [2.05, 4.69) is 36.2 Å². The van der Waals surface area contributed by atoms with Crippen LogP contribution in [-0.2, 0) is 11.3 Å². The third-order valence-electron chi connectivity index (χ3n) is 3.96. The molecule has 4 aromatic rings. The number of amides is 2. The smallest absolute Gasteiger partial charge is 0.257 e. The number of hydrogen-bond acceptors (Lipinski definition) is 8. The molecule has 3 heterocycles. The molecule has 0 saturated carbocycles. The molecule has 0 radical (unpaired) electrons. The van der Waals surface area contributed by atoms with Gasteiger partial charge in [0, 0.05) is 29.7 Å². The summed E-state index contributed by atoms with van der Waals surface area (Å²) in [6, 6.07) is 11.9. The molecule has 30 heavy (non-hydrogen) atoms. The number of nitrogens with zero attached hydrogens (tertiary/aromatic N) is 6. The Hall–Kier alpha value is -4.41. The van der Waals surface area contributed by atoms with Crippen LogP contribution in [0.4, 0.5) is 11.5 Å². The number of carbonyl (C=O) groups is 2. The van der Waals surface area contributed by atoms with Crippen LogP contribution in [0.25, 0.3) is 11.4 Å². The number of tetrazole rings is 1. The molecule has 0 aliphatic carbocycles. The summed E-state index contributed by atoms with van der Waals surface area (Å²) in [6.07, 6.45) is 3.09. The molecule has 1 aromatic carbocycles. The van der Waals surface area contributed by atoms with E-state index in [1.807, 2.05) is 0 Å². The Bertz CT molecular complexity index is 1170. The fourth-order valence-electron chi connectivity index (χ4n) is 2.56. The molecule has 2 amide bonds. The second-order valence-corrected chi connectivity index (χ2v) is 6.29. The highest BCUT2D eigenvalue weighted by molar-refractivity contribution is 6.04. The van der Waals surface area contributed by atoms with E-state index in [0.717, 1.165) is 0 Å². The molecule has 11 nitrogen and oxygen atoms in total. The van der Waals surface area contributed by atoms with Crippen molar-refractivity contribution in [3.8, 4) is 11.4 Å². The van der Waals surface area contributed by atoms with E-state index in [4.69, 9.17) is 4.52 Å². The minimum Gasteiger partial charge on any atom is -0.360 e. The van der Waals surface area contributed by atoms with Gasteiger partial charge in [-0.1, -0.05) is 5.16 Å². The Morgan fingerprint density at radius 2 is 1.97 bits per heavy atom. The molecule has 0 aliphatic heterocycles. The number of aryl methyl sites for hydroxylation is 1. The van der Waals surface area contributed by atoms with E-state index in [1.54, 1.807) is 55.6 Å². The standard InChI is InChI=1S/C19H16N8O3/c1-12-9-16(25-30-12)22-17(28)11-27-24-18(23-26-27)13-4-6-15(7-5-13)21-19(29)14-3-2-8-20-10-14/h2-10H,11H2,1H3,(H,21,29)(H,22,25,28). The van der Waals surface area contributed by atoms with Gasteiger partial charge in [0.25, 0.3) is 5.91 Å². The van der Waals surface area contributed by atoms with E-state index in [-0.39, 0.29) is 18.4 Å². The molecule has 0 unspecified atom stereocenters. The highest BCUT2D eigenvalue weighted by atomic mass is 16.5. The summed E-state index contributed by atoms with van der Waals surface area (Å²) in [5, 5.41) is 21.1. The zero-order chi connectivity index (χ0) is 20.9. The first kappa shape index (κ1) is 18.9. The summed E-state index contributed by atoms with van der Waals surface area (Å²) in [5.41, 5.74) is 1.76. The van der Waals surface area contributed by atoms with E-state index in [0.29, 0.717) is 34.2 Å². The predicted molar refractivity (Wildman–Crippen MR) is 105 cm³/mol. The summed E-state index contributed by atoms with van der Waals surface area (Å²) in [6.45, 7) is 1.60. The molecular weight excluding hydrogens is 388 g/mol. The Morgan fingerprint density at radius 1 is 1.13 bits per heavy atom. The normalized spacial score (nSPS) is 10.6. The lowest BCUT2D eigenvalue weighted by atomic mass is 10.2. The third-order valence-corrected chi connectivity index (χ3v) is 3.96. The first-order valence-corrected chi connectivity index (χ1v) is 8.89. The first-order chi connectivity index (χ1) is 14.6. The molecule has 0 saturated heterocycles. The first-order valence-electron chi connectivity index (χ1n) is 8.89. The van der Waals surface area contributed by atoms with Crippen LogP contribution in [0.15, 0.2) is 59.4 Å². The van der Waals surface area contributed by atoms with Crippen molar-refractivity contribution in [1.29, 1.82) is 0 Å². The minimum absolute atomic E-state index is 0.127. The van der Waals surface area contributed by atoms with Crippen molar-refractivity contribution in [3.63, 3.8) is 0 Å². The Morgan fingerprint density at radius 3 is 2.67 bits per heavy atom. The molecule has 4 rings (SSSR count). The highest BCUT2D eigenvalue weighted by Gasteiger charge is 2.12. The monoisotopic (exact) mass is 404 g/mol. The number of carbonyl (C=O) groups excluding carboxylic acids is 2. The van der Waals surface area contributed by atoms with Crippen LogP contribution in [0.1, 0.15) is 16.1 Å². The van der Waals surface area contributed by atoms with Gasteiger partial charge in [0.05, 0.1) is 5.56 Å². The number of nitrogens with one attached hydrogen (secondary N) is 2. The lowest BCUT2D eigenvalue weighted by Gasteiger charge is -2.05. The van der Waals surface area contributed by atoms with Crippen LogP contribution in [0.3, 0.4) is 0 Å². The molecular formula is C19H16N8O3. The molecule has 2 N–H and O–H groups in total. The Labute approximate surface area is 170 Å². The lowest BCUT2D eigenvalue weighted by Crippen LogP contribution is -2.20. The van der Waals surface area contributed by atoms with Crippen LogP contribution in [-0.4, -0.2) is 42.2 Å². The van der Waals surface area contributed by atoms with Gasteiger partial charge in [0.15, 0.2) is 5.82 Å². The fraction of sp³-hybridized carbons (Fsp3) is 0.105. The number of anilines is 2. The van der Waals surface area contributed by atoms with Gasteiger partial charge in [0.1, 0.15) is 12.3 Å². The Balaban J connectivity index is 1.37. The van der Waals surface area contributed by atoms with Gasteiger partial charge in [-0.2, -0.15) is 4.80 Å². The second kappa shape index (κ2) is 8.31. The average molecular weight is 404 g/mol. The van der Waals surface area contributed by atoms with Gasteiger partial charge >= 0.3 is 0 Å². The van der Waals surface area contributed by atoms with Crippen molar-refractivity contribution < 1.29 is 14.1 Å². The third kappa shape index (κ3) is 4.52. The maximum atomic E-state index is 12.2. The van der Waals surface area contributed by atoms with Crippen LogP contribution >= 0.6 is 0 Å². The SMILES string of the molecule is Cc1cc(NC(=O)Cn2nnc(-c3ccc(NC(=O)c4cccnc4)cc3)n2)no1. The molecule has 0 bridgehead atoms. The topological polar surface area (TPSA) is 141 Å². The maximum absolute atomic E-state index is 12.2. The van der Waals surface area contributed by atoms with Crippen LogP contribution < -0.4 is 10.6 Å². The van der Waals surface area contributed by atoms with Gasteiger partial charge in [-0.25, -0.2) is 0 Å². The summed E-state index contributed by atoms with van der Waals surface area (Å²) in [7, 11) is 0. The summed E-state index contributed by atoms with van der Waals surface area (Å²) >= 11 is 0. The van der Waals surface area contributed by atoms with Crippen molar-refractivity contribution >= 4 is 23.3 Å².